The quantitative estimate of drug-likeness (QED) is 0.660. The molecule has 2 N–H and O–H groups in total. The molecule has 0 aliphatic carbocycles. The van der Waals surface area contributed by atoms with Gasteiger partial charge in [0.2, 0.25) is 17.7 Å². The zero-order valence-corrected chi connectivity index (χ0v) is 16.0. The number of aromatic nitrogens is 1. The van der Waals surface area contributed by atoms with Crippen LogP contribution in [-0.2, 0) is 22.4 Å². The monoisotopic (exact) mass is 377 g/mol. The Kier molecular flexibility index (Phi) is 6.22. The Labute approximate surface area is 164 Å². The molecule has 144 valence electrons. The first-order valence-corrected chi connectivity index (χ1v) is 9.23. The molecular weight excluding hydrogens is 354 g/mol. The topological polar surface area (TPSA) is 84.2 Å². The molecule has 2 aromatic carbocycles. The largest absolute Gasteiger partial charge is 0.441 e. The molecule has 0 unspecified atom stereocenters. The summed E-state index contributed by atoms with van der Waals surface area (Å²) in [6.07, 6.45) is 0.874. The smallest absolute Gasteiger partial charge is 0.243 e. The predicted molar refractivity (Wildman–Crippen MR) is 108 cm³/mol. The lowest BCUT2D eigenvalue weighted by Crippen LogP contribution is -2.34. The lowest BCUT2D eigenvalue weighted by molar-refractivity contribution is -0.123. The molecule has 1 heterocycles. The van der Waals surface area contributed by atoms with Gasteiger partial charge in [0.05, 0.1) is 18.7 Å². The Morgan fingerprint density at radius 3 is 2.46 bits per heavy atom. The number of oxazole rings is 1. The van der Waals surface area contributed by atoms with Crippen molar-refractivity contribution in [3.63, 3.8) is 0 Å². The van der Waals surface area contributed by atoms with Crippen LogP contribution in [-0.4, -0.2) is 23.3 Å². The van der Waals surface area contributed by atoms with Crippen LogP contribution in [0.3, 0.4) is 0 Å². The molecule has 3 aromatic rings. The Hall–Kier alpha value is -3.41. The number of anilines is 1. The molecule has 0 spiro atoms. The highest BCUT2D eigenvalue weighted by Crippen LogP contribution is 2.21. The molecule has 2 amide bonds. The minimum atomic E-state index is -0.282. The summed E-state index contributed by atoms with van der Waals surface area (Å²) in [6, 6.07) is 17.1. The van der Waals surface area contributed by atoms with E-state index < -0.39 is 0 Å². The van der Waals surface area contributed by atoms with Crippen LogP contribution in [0, 0.1) is 6.92 Å². The Morgan fingerprint density at radius 2 is 1.71 bits per heavy atom. The minimum Gasteiger partial charge on any atom is -0.441 e. The molecule has 6 nitrogen and oxygen atoms in total. The van der Waals surface area contributed by atoms with Gasteiger partial charge in [0, 0.05) is 11.3 Å². The van der Waals surface area contributed by atoms with Gasteiger partial charge in [0.1, 0.15) is 5.76 Å². The summed E-state index contributed by atoms with van der Waals surface area (Å²) in [4.78, 5) is 28.8. The first-order valence-electron chi connectivity index (χ1n) is 9.23. The average Bonchev–Trinajstić information content (AvgIpc) is 3.08. The van der Waals surface area contributed by atoms with Crippen molar-refractivity contribution < 1.29 is 14.0 Å². The number of hydrogen-bond donors (Lipinski definition) is 2. The van der Waals surface area contributed by atoms with Crippen LogP contribution in [0.15, 0.2) is 59.0 Å². The number of amides is 2. The van der Waals surface area contributed by atoms with Crippen LogP contribution >= 0.6 is 0 Å². The number of carbonyl (C=O) groups excluding carboxylic acids is 2. The lowest BCUT2D eigenvalue weighted by Gasteiger charge is -2.10. The number of carbonyl (C=O) groups is 2. The standard InChI is InChI=1S/C22H23N3O3/c1-3-16-9-7-8-12-18(16)24-21(27)14-23-20(26)13-19-15(2)28-22(25-19)17-10-5-4-6-11-17/h4-12H,3,13-14H2,1-2H3,(H,23,26)(H,24,27). The van der Waals surface area contributed by atoms with Crippen molar-refractivity contribution in [3.8, 4) is 11.5 Å². The normalized spacial score (nSPS) is 10.5. The number of nitrogens with zero attached hydrogens (tertiary/aromatic N) is 1. The van der Waals surface area contributed by atoms with Gasteiger partial charge in [-0.3, -0.25) is 9.59 Å². The van der Waals surface area contributed by atoms with Gasteiger partial charge in [0.15, 0.2) is 0 Å². The van der Waals surface area contributed by atoms with Crippen LogP contribution in [0.4, 0.5) is 5.69 Å². The Balaban J connectivity index is 1.55. The van der Waals surface area contributed by atoms with E-state index in [4.69, 9.17) is 4.42 Å². The van der Waals surface area contributed by atoms with Gasteiger partial charge in [-0.2, -0.15) is 0 Å². The fraction of sp³-hybridized carbons (Fsp3) is 0.227. The average molecular weight is 377 g/mol. The van der Waals surface area contributed by atoms with Gasteiger partial charge in [-0.05, 0) is 37.1 Å². The first-order chi connectivity index (χ1) is 13.6. The molecule has 0 aliphatic heterocycles. The molecule has 0 bridgehead atoms. The number of hydrogen-bond acceptors (Lipinski definition) is 4. The molecule has 1 aromatic heterocycles. The van der Waals surface area contributed by atoms with E-state index in [0.29, 0.717) is 17.3 Å². The molecule has 6 heteroatoms. The maximum atomic E-state index is 12.2. The summed E-state index contributed by atoms with van der Waals surface area (Å²) in [7, 11) is 0. The fourth-order valence-electron chi connectivity index (χ4n) is 2.83. The van der Waals surface area contributed by atoms with Crippen molar-refractivity contribution >= 4 is 17.5 Å². The fourth-order valence-corrected chi connectivity index (χ4v) is 2.83. The van der Waals surface area contributed by atoms with E-state index in [1.54, 1.807) is 6.92 Å². The highest BCUT2D eigenvalue weighted by Gasteiger charge is 2.15. The Bertz CT molecular complexity index is 964. The minimum absolute atomic E-state index is 0.0565. The molecule has 3 rings (SSSR count). The van der Waals surface area contributed by atoms with E-state index >= 15 is 0 Å². The highest BCUT2D eigenvalue weighted by molar-refractivity contribution is 5.95. The molecule has 0 fully saturated rings. The van der Waals surface area contributed by atoms with Crippen molar-refractivity contribution in [3.05, 3.63) is 71.6 Å². The lowest BCUT2D eigenvalue weighted by atomic mass is 10.1. The van der Waals surface area contributed by atoms with Crippen LogP contribution in [0.1, 0.15) is 23.9 Å². The zero-order valence-electron chi connectivity index (χ0n) is 16.0. The number of para-hydroxylation sites is 1. The van der Waals surface area contributed by atoms with Gasteiger partial charge in [-0.25, -0.2) is 4.98 Å². The third-order valence-corrected chi connectivity index (χ3v) is 4.36. The van der Waals surface area contributed by atoms with E-state index in [9.17, 15) is 9.59 Å². The number of rotatable bonds is 7. The van der Waals surface area contributed by atoms with Crippen molar-refractivity contribution in [2.24, 2.45) is 0 Å². The van der Waals surface area contributed by atoms with Crippen LogP contribution in [0.2, 0.25) is 0 Å². The second-order valence-corrected chi connectivity index (χ2v) is 6.40. The number of nitrogens with one attached hydrogen (secondary N) is 2. The van der Waals surface area contributed by atoms with Crippen LogP contribution in [0.25, 0.3) is 11.5 Å². The van der Waals surface area contributed by atoms with Crippen molar-refractivity contribution in [1.29, 1.82) is 0 Å². The van der Waals surface area contributed by atoms with E-state index in [1.807, 2.05) is 61.5 Å². The summed E-state index contributed by atoms with van der Waals surface area (Å²) in [6.45, 7) is 3.70. The summed E-state index contributed by atoms with van der Waals surface area (Å²) < 4.78 is 5.66. The second-order valence-electron chi connectivity index (χ2n) is 6.40. The summed E-state index contributed by atoms with van der Waals surface area (Å²) in [5, 5.41) is 5.46. The van der Waals surface area contributed by atoms with Crippen molar-refractivity contribution in [1.82, 2.24) is 10.3 Å². The summed E-state index contributed by atoms with van der Waals surface area (Å²) in [5.74, 6) is 0.524. The van der Waals surface area contributed by atoms with Gasteiger partial charge in [-0.1, -0.05) is 43.3 Å². The second kappa shape index (κ2) is 8.99. The Morgan fingerprint density at radius 1 is 1.00 bits per heavy atom. The van der Waals surface area contributed by atoms with E-state index in [2.05, 4.69) is 15.6 Å². The van der Waals surface area contributed by atoms with Gasteiger partial charge in [0.25, 0.3) is 0 Å². The number of benzene rings is 2. The first kappa shape index (κ1) is 19.4. The molecule has 0 saturated heterocycles. The highest BCUT2D eigenvalue weighted by atomic mass is 16.4. The number of aryl methyl sites for hydroxylation is 2. The molecule has 0 radical (unpaired) electrons. The molecular formula is C22H23N3O3. The third kappa shape index (κ3) is 4.85. The zero-order chi connectivity index (χ0) is 19.9. The third-order valence-electron chi connectivity index (χ3n) is 4.36. The summed E-state index contributed by atoms with van der Waals surface area (Å²) >= 11 is 0. The molecule has 0 saturated carbocycles. The van der Waals surface area contributed by atoms with Crippen LogP contribution in [0.5, 0.6) is 0 Å². The van der Waals surface area contributed by atoms with Crippen molar-refractivity contribution in [2.75, 3.05) is 11.9 Å². The van der Waals surface area contributed by atoms with E-state index in [0.717, 1.165) is 23.2 Å². The van der Waals surface area contributed by atoms with Crippen molar-refractivity contribution in [2.45, 2.75) is 26.7 Å². The van der Waals surface area contributed by atoms with Gasteiger partial charge in [-0.15, -0.1) is 0 Å². The molecule has 0 atom stereocenters. The predicted octanol–water partition coefficient (Wildman–Crippen LogP) is 3.51. The van der Waals surface area contributed by atoms with Gasteiger partial charge >= 0.3 is 0 Å². The van der Waals surface area contributed by atoms with Gasteiger partial charge < -0.3 is 15.1 Å². The SMILES string of the molecule is CCc1ccccc1NC(=O)CNC(=O)Cc1nc(-c2ccccc2)oc1C. The molecule has 28 heavy (non-hydrogen) atoms. The van der Waals surface area contributed by atoms with Crippen LogP contribution < -0.4 is 10.6 Å². The molecule has 0 aliphatic rings. The maximum Gasteiger partial charge on any atom is 0.243 e. The summed E-state index contributed by atoms with van der Waals surface area (Å²) in [5.41, 5.74) is 3.23. The maximum absolute atomic E-state index is 12.2. The van der Waals surface area contributed by atoms with E-state index in [-0.39, 0.29) is 24.8 Å². The van der Waals surface area contributed by atoms with E-state index in [1.165, 1.54) is 0 Å².